The molecule has 0 amide bonds. The quantitative estimate of drug-likeness (QED) is 0.802. The van der Waals surface area contributed by atoms with E-state index in [1.165, 1.54) is 0 Å². The summed E-state index contributed by atoms with van der Waals surface area (Å²) < 4.78 is 13.2. The van der Waals surface area contributed by atoms with Crippen LogP contribution in [0.2, 0.25) is 0 Å². The number of benzene rings is 1. The first kappa shape index (κ1) is 9.37. The zero-order valence-corrected chi connectivity index (χ0v) is 8.97. The predicted octanol–water partition coefficient (Wildman–Crippen LogP) is 2.22. The van der Waals surface area contributed by atoms with E-state index in [0.717, 1.165) is 5.56 Å². The Morgan fingerprint density at radius 3 is 2.87 bits per heavy atom. The molecule has 0 saturated heterocycles. The van der Waals surface area contributed by atoms with E-state index in [9.17, 15) is 5.11 Å². The topological polar surface area (TPSA) is 29.5 Å². The molecule has 0 radical (unpaired) electrons. The molecule has 0 unspecified atom stereocenters. The van der Waals surface area contributed by atoms with Gasteiger partial charge in [-0.2, -0.15) is 0 Å². The lowest BCUT2D eigenvalue weighted by molar-refractivity contribution is 0.0943. The summed E-state index contributed by atoms with van der Waals surface area (Å²) in [5.41, 5.74) is 1.15. The number of hydrogen-bond acceptors (Lipinski definition) is 2. The molecule has 1 N–H and O–H groups in total. The molecule has 1 aromatic rings. The molecule has 15 heavy (non-hydrogen) atoms. The largest absolute Gasteiger partial charge is 0.393 e. The van der Waals surface area contributed by atoms with E-state index in [1.54, 1.807) is 6.92 Å². The van der Waals surface area contributed by atoms with Crippen LogP contribution in [-0.4, -0.2) is 17.8 Å². The fourth-order valence-electron chi connectivity index (χ4n) is 1.79. The minimum Gasteiger partial charge on any atom is -0.393 e. The van der Waals surface area contributed by atoms with E-state index < -0.39 is 0 Å². The summed E-state index contributed by atoms with van der Waals surface area (Å²) in [5.74, 6) is 0.319. The van der Waals surface area contributed by atoms with Crippen molar-refractivity contribution in [2.24, 2.45) is 11.8 Å². The Balaban J connectivity index is 1.70. The summed E-state index contributed by atoms with van der Waals surface area (Å²) in [6, 6.07) is 10.0. The van der Waals surface area contributed by atoms with Gasteiger partial charge in [0.15, 0.2) is 0 Å². The van der Waals surface area contributed by atoms with E-state index >= 15 is 0 Å². The summed E-state index contributed by atoms with van der Waals surface area (Å²) in [4.78, 5) is 0. The van der Waals surface area contributed by atoms with Crippen molar-refractivity contribution in [3.63, 3.8) is 0 Å². The summed E-state index contributed by atoms with van der Waals surface area (Å²) in [5, 5.41) is 9.37. The van der Waals surface area contributed by atoms with Gasteiger partial charge in [0.25, 0.3) is 0 Å². The smallest absolute Gasteiger partial charge is 0.0717 e. The number of aliphatic hydroxyl groups excluding tert-OH is 1. The van der Waals surface area contributed by atoms with E-state index in [2.05, 4.69) is 0 Å². The average Bonchev–Trinajstić information content (AvgIpc) is 2.91. The number of aliphatic hydroxyl groups is 1. The Labute approximate surface area is 92.3 Å². The standard InChI is InChI=1S/C13H18O2/c1-10(14)13-7-12(13)9-15-8-11-5-3-2-4-6-11/h2-6,10,12-14H,7-9H2,1H3/t10-,12+,13+/m0/s1/i7D/t7-,10-,12+,13+. The van der Waals surface area contributed by atoms with Crippen LogP contribution in [0.15, 0.2) is 30.3 Å². The Kier molecular flexibility index (Phi) is 2.98. The molecule has 0 spiro atoms. The fraction of sp³-hybridized carbons (Fsp3) is 0.538. The second-order valence-corrected chi connectivity index (χ2v) is 4.17. The highest BCUT2D eigenvalue weighted by Crippen LogP contribution is 2.41. The lowest BCUT2D eigenvalue weighted by atomic mass is 10.2. The van der Waals surface area contributed by atoms with Crippen LogP contribution in [0.3, 0.4) is 0 Å². The Morgan fingerprint density at radius 2 is 2.27 bits per heavy atom. The van der Waals surface area contributed by atoms with Crippen LogP contribution in [0.25, 0.3) is 0 Å². The molecule has 0 bridgehead atoms. The van der Waals surface area contributed by atoms with Crippen LogP contribution in [0.5, 0.6) is 0 Å². The third kappa shape index (κ3) is 3.05. The fourth-order valence-corrected chi connectivity index (χ4v) is 1.79. The second-order valence-electron chi connectivity index (χ2n) is 4.17. The zero-order chi connectivity index (χ0) is 11.5. The summed E-state index contributed by atoms with van der Waals surface area (Å²) in [6.45, 7) is 2.93. The predicted molar refractivity (Wildman–Crippen MR) is 59.4 cm³/mol. The van der Waals surface area contributed by atoms with Crippen LogP contribution in [0, 0.1) is 11.8 Å². The molecule has 1 aliphatic carbocycles. The van der Waals surface area contributed by atoms with Crippen molar-refractivity contribution in [1.82, 2.24) is 0 Å². The molecule has 1 fully saturated rings. The highest BCUT2D eigenvalue weighted by atomic mass is 16.5. The van der Waals surface area contributed by atoms with Crippen LogP contribution in [0.1, 0.15) is 20.3 Å². The van der Waals surface area contributed by atoms with Crippen molar-refractivity contribution < 1.29 is 11.2 Å². The Morgan fingerprint density at radius 1 is 1.53 bits per heavy atom. The third-order valence-corrected chi connectivity index (χ3v) is 2.80. The van der Waals surface area contributed by atoms with Crippen molar-refractivity contribution in [3.8, 4) is 0 Å². The molecule has 1 aromatic carbocycles. The van der Waals surface area contributed by atoms with Gasteiger partial charge >= 0.3 is 0 Å². The zero-order valence-electron chi connectivity index (χ0n) is 9.97. The molecule has 2 rings (SSSR count). The minimum absolute atomic E-state index is 0.107. The van der Waals surface area contributed by atoms with Crippen molar-refractivity contribution in [2.75, 3.05) is 6.61 Å². The highest BCUT2D eigenvalue weighted by Gasteiger charge is 2.40. The van der Waals surface area contributed by atoms with Gasteiger partial charge in [-0.3, -0.25) is 0 Å². The third-order valence-electron chi connectivity index (χ3n) is 2.80. The van der Waals surface area contributed by atoms with E-state index in [4.69, 9.17) is 6.11 Å². The van der Waals surface area contributed by atoms with E-state index in [0.29, 0.717) is 13.2 Å². The van der Waals surface area contributed by atoms with Gasteiger partial charge in [0.1, 0.15) is 0 Å². The minimum atomic E-state index is -0.382. The molecular weight excluding hydrogens is 188 g/mol. The second kappa shape index (κ2) is 4.77. The maximum Gasteiger partial charge on any atom is 0.0717 e. The van der Waals surface area contributed by atoms with Gasteiger partial charge in [-0.25, -0.2) is 0 Å². The SMILES string of the molecule is [2H][C@H]1[C@H](COCc2ccccc2)[C@H]1[C@H](C)O. The van der Waals surface area contributed by atoms with Crippen LogP contribution in [-0.2, 0) is 11.3 Å². The van der Waals surface area contributed by atoms with E-state index in [1.807, 2.05) is 30.3 Å². The van der Waals surface area contributed by atoms with Crippen molar-refractivity contribution in [3.05, 3.63) is 35.9 Å². The summed E-state index contributed by atoms with van der Waals surface area (Å²) in [7, 11) is 0. The Bertz CT molecular complexity index is 326. The van der Waals surface area contributed by atoms with Crippen molar-refractivity contribution in [2.45, 2.75) is 26.0 Å². The molecule has 0 aliphatic heterocycles. The molecule has 0 heterocycles. The maximum atomic E-state index is 9.37. The van der Waals surface area contributed by atoms with Gasteiger partial charge in [-0.15, -0.1) is 0 Å². The average molecular weight is 207 g/mol. The molecule has 2 nitrogen and oxygen atoms in total. The molecule has 2 heteroatoms. The van der Waals surface area contributed by atoms with Crippen molar-refractivity contribution >= 4 is 0 Å². The van der Waals surface area contributed by atoms with Gasteiger partial charge in [-0.1, -0.05) is 30.3 Å². The lowest BCUT2D eigenvalue weighted by Gasteiger charge is -2.05. The summed E-state index contributed by atoms with van der Waals surface area (Å²) in [6.07, 6.45) is -0.524. The first-order chi connectivity index (χ1) is 7.70. The van der Waals surface area contributed by atoms with Crippen LogP contribution >= 0.6 is 0 Å². The molecular formula is C13H18O2. The van der Waals surface area contributed by atoms with Gasteiger partial charge in [0.2, 0.25) is 0 Å². The number of ether oxygens (including phenoxy) is 1. The molecule has 1 saturated carbocycles. The summed E-state index contributed by atoms with van der Waals surface area (Å²) >= 11 is 0. The van der Waals surface area contributed by atoms with E-state index in [-0.39, 0.29) is 24.3 Å². The van der Waals surface area contributed by atoms with Crippen LogP contribution in [0.4, 0.5) is 0 Å². The molecule has 0 aromatic heterocycles. The number of rotatable bonds is 5. The monoisotopic (exact) mass is 207 g/mol. The first-order valence-electron chi connectivity index (χ1n) is 6.00. The van der Waals surface area contributed by atoms with Gasteiger partial charge < -0.3 is 9.84 Å². The maximum absolute atomic E-state index is 9.37. The van der Waals surface area contributed by atoms with Crippen molar-refractivity contribution in [1.29, 1.82) is 0 Å². The molecule has 82 valence electrons. The Hall–Kier alpha value is -0.860. The lowest BCUT2D eigenvalue weighted by Crippen LogP contribution is -2.07. The molecule has 4 atom stereocenters. The van der Waals surface area contributed by atoms with Gasteiger partial charge in [0, 0.05) is 1.37 Å². The van der Waals surface area contributed by atoms with Gasteiger partial charge in [-0.05, 0) is 30.7 Å². The highest BCUT2D eigenvalue weighted by molar-refractivity contribution is 5.13. The molecule has 1 aliphatic rings. The van der Waals surface area contributed by atoms with Crippen LogP contribution < -0.4 is 0 Å². The number of hydrogen-bond donors (Lipinski definition) is 1. The first-order valence-corrected chi connectivity index (χ1v) is 5.42. The van der Waals surface area contributed by atoms with Gasteiger partial charge in [0.05, 0.1) is 19.3 Å². The normalized spacial score (nSPS) is 32.1.